The van der Waals surface area contributed by atoms with Gasteiger partial charge in [0.05, 0.1) is 18.3 Å². The third kappa shape index (κ3) is 2.10. The highest BCUT2D eigenvalue weighted by molar-refractivity contribution is 5.04. The highest BCUT2D eigenvalue weighted by Gasteiger charge is 2.33. The summed E-state index contributed by atoms with van der Waals surface area (Å²) in [4.78, 5) is 0. The summed E-state index contributed by atoms with van der Waals surface area (Å²) in [7, 11) is 1.56. The molecule has 0 unspecified atom stereocenters. The molecule has 0 aromatic heterocycles. The van der Waals surface area contributed by atoms with Gasteiger partial charge in [-0.2, -0.15) is 0 Å². The average Bonchev–Trinajstić information content (AvgIpc) is 2.20. The number of methoxy groups -OCH3 is 1. The quantitative estimate of drug-likeness (QED) is 0.588. The molecular formula is C10H18O3. The maximum atomic E-state index is 9.80. The normalized spacial score (nSPS) is 46.1. The van der Waals surface area contributed by atoms with E-state index < -0.39 is 12.2 Å². The highest BCUT2D eigenvalue weighted by atomic mass is 16.5. The van der Waals surface area contributed by atoms with Crippen molar-refractivity contribution in [2.75, 3.05) is 7.11 Å². The second kappa shape index (κ2) is 4.22. The van der Waals surface area contributed by atoms with E-state index in [1.54, 1.807) is 13.2 Å². The first-order valence-electron chi connectivity index (χ1n) is 4.65. The molecule has 1 aliphatic rings. The van der Waals surface area contributed by atoms with Gasteiger partial charge in [-0.1, -0.05) is 26.0 Å². The number of hydrogen-bond acceptors (Lipinski definition) is 3. The molecule has 0 saturated carbocycles. The molecule has 2 N–H and O–H groups in total. The van der Waals surface area contributed by atoms with Crippen LogP contribution in [0.15, 0.2) is 12.2 Å². The van der Waals surface area contributed by atoms with Crippen LogP contribution in [0, 0.1) is 11.8 Å². The summed E-state index contributed by atoms with van der Waals surface area (Å²) in [6.45, 7) is 3.83. The number of ether oxygens (including phenoxy) is 1. The van der Waals surface area contributed by atoms with E-state index in [4.69, 9.17) is 4.74 Å². The van der Waals surface area contributed by atoms with Crippen LogP contribution < -0.4 is 0 Å². The van der Waals surface area contributed by atoms with Crippen LogP contribution >= 0.6 is 0 Å². The van der Waals surface area contributed by atoms with Gasteiger partial charge < -0.3 is 14.9 Å². The van der Waals surface area contributed by atoms with Crippen LogP contribution in [0.2, 0.25) is 0 Å². The molecule has 0 saturated heterocycles. The van der Waals surface area contributed by atoms with Gasteiger partial charge in [-0.25, -0.2) is 0 Å². The fraction of sp³-hybridized carbons (Fsp3) is 0.800. The number of aliphatic hydroxyl groups excluding tert-OH is 2. The van der Waals surface area contributed by atoms with Crippen LogP contribution in [0.1, 0.15) is 13.8 Å². The maximum Gasteiger partial charge on any atom is 0.0986 e. The van der Waals surface area contributed by atoms with Crippen molar-refractivity contribution in [3.63, 3.8) is 0 Å². The molecule has 0 heterocycles. The minimum Gasteiger partial charge on any atom is -0.392 e. The molecule has 3 heteroatoms. The summed E-state index contributed by atoms with van der Waals surface area (Å²) in [5.41, 5.74) is 0. The molecule has 5 atom stereocenters. The molecular weight excluding hydrogens is 168 g/mol. The van der Waals surface area contributed by atoms with E-state index in [0.29, 0.717) is 0 Å². The van der Waals surface area contributed by atoms with Gasteiger partial charge in [0.1, 0.15) is 0 Å². The summed E-state index contributed by atoms with van der Waals surface area (Å²) < 4.78 is 5.15. The first-order chi connectivity index (χ1) is 6.07. The Hall–Kier alpha value is -0.380. The molecule has 0 spiro atoms. The Kier molecular flexibility index (Phi) is 3.47. The van der Waals surface area contributed by atoms with Gasteiger partial charge in [0, 0.05) is 18.9 Å². The Labute approximate surface area is 79.0 Å². The van der Waals surface area contributed by atoms with Crippen LogP contribution in [0.25, 0.3) is 0 Å². The lowest BCUT2D eigenvalue weighted by atomic mass is 9.90. The SMILES string of the molecule is CO[C@@H]1[C@@H](C)[C@@H](O)[C@@H](C)C=C[C@@H]1O. The highest BCUT2D eigenvalue weighted by Crippen LogP contribution is 2.25. The van der Waals surface area contributed by atoms with E-state index in [1.807, 2.05) is 19.9 Å². The predicted octanol–water partition coefficient (Wildman–Crippen LogP) is 0.565. The average molecular weight is 186 g/mol. The van der Waals surface area contributed by atoms with E-state index in [1.165, 1.54) is 0 Å². The van der Waals surface area contributed by atoms with Crippen LogP contribution in [-0.4, -0.2) is 35.6 Å². The molecule has 0 fully saturated rings. The smallest absolute Gasteiger partial charge is 0.0986 e. The predicted molar refractivity (Wildman–Crippen MR) is 50.3 cm³/mol. The summed E-state index contributed by atoms with van der Waals surface area (Å²) in [5.74, 6) is 0.0230. The Morgan fingerprint density at radius 2 is 1.77 bits per heavy atom. The lowest BCUT2D eigenvalue weighted by Crippen LogP contribution is -2.38. The number of rotatable bonds is 1. The number of aliphatic hydroxyl groups is 2. The molecule has 1 rings (SSSR count). The van der Waals surface area contributed by atoms with Gasteiger partial charge in [0.2, 0.25) is 0 Å². The zero-order valence-electron chi connectivity index (χ0n) is 8.34. The van der Waals surface area contributed by atoms with E-state index >= 15 is 0 Å². The third-order valence-electron chi connectivity index (χ3n) is 2.82. The first-order valence-corrected chi connectivity index (χ1v) is 4.65. The molecule has 1 aliphatic carbocycles. The molecule has 0 aromatic rings. The zero-order valence-corrected chi connectivity index (χ0v) is 8.34. The summed E-state index contributed by atoms with van der Waals surface area (Å²) in [6.07, 6.45) is 2.17. The zero-order chi connectivity index (χ0) is 10.0. The van der Waals surface area contributed by atoms with E-state index in [2.05, 4.69) is 0 Å². The Morgan fingerprint density at radius 1 is 1.15 bits per heavy atom. The first kappa shape index (κ1) is 10.7. The van der Waals surface area contributed by atoms with Crippen LogP contribution in [0.3, 0.4) is 0 Å². The van der Waals surface area contributed by atoms with Gasteiger partial charge in [-0.05, 0) is 0 Å². The topological polar surface area (TPSA) is 49.7 Å². The monoisotopic (exact) mass is 186 g/mol. The standard InChI is InChI=1S/C10H18O3/c1-6-4-5-8(11)10(13-3)7(2)9(6)12/h4-12H,1-3H3/t6-,7-,8-,9-,10+/m0/s1. The molecule has 76 valence electrons. The van der Waals surface area contributed by atoms with Gasteiger partial charge in [-0.3, -0.25) is 0 Å². The molecule has 0 bridgehead atoms. The molecule has 0 aromatic carbocycles. The number of hydrogen-bond donors (Lipinski definition) is 2. The molecule has 0 aliphatic heterocycles. The van der Waals surface area contributed by atoms with Crippen LogP contribution in [0.4, 0.5) is 0 Å². The second-order valence-corrected chi connectivity index (χ2v) is 3.78. The van der Waals surface area contributed by atoms with Gasteiger partial charge in [-0.15, -0.1) is 0 Å². The lowest BCUT2D eigenvalue weighted by Gasteiger charge is -2.28. The van der Waals surface area contributed by atoms with Crippen LogP contribution in [-0.2, 0) is 4.74 Å². The van der Waals surface area contributed by atoms with Crippen molar-refractivity contribution in [3.8, 4) is 0 Å². The van der Waals surface area contributed by atoms with Crippen molar-refractivity contribution in [3.05, 3.63) is 12.2 Å². The van der Waals surface area contributed by atoms with Gasteiger partial charge in [0.25, 0.3) is 0 Å². The second-order valence-electron chi connectivity index (χ2n) is 3.78. The molecule has 0 amide bonds. The minimum absolute atomic E-state index is 0.0509. The Bertz CT molecular complexity index is 191. The fourth-order valence-electron chi connectivity index (χ4n) is 1.85. The van der Waals surface area contributed by atoms with Crippen molar-refractivity contribution in [2.45, 2.75) is 32.2 Å². The van der Waals surface area contributed by atoms with E-state index in [-0.39, 0.29) is 17.9 Å². The van der Waals surface area contributed by atoms with Crippen molar-refractivity contribution in [1.29, 1.82) is 0 Å². The minimum atomic E-state index is -0.611. The Balaban J connectivity index is 2.81. The molecule has 13 heavy (non-hydrogen) atoms. The van der Waals surface area contributed by atoms with E-state index in [0.717, 1.165) is 0 Å². The Morgan fingerprint density at radius 3 is 2.31 bits per heavy atom. The summed E-state index contributed by atoms with van der Waals surface area (Å²) in [5, 5.41) is 19.4. The van der Waals surface area contributed by atoms with Gasteiger partial charge in [0.15, 0.2) is 0 Å². The van der Waals surface area contributed by atoms with E-state index in [9.17, 15) is 10.2 Å². The van der Waals surface area contributed by atoms with Crippen molar-refractivity contribution in [1.82, 2.24) is 0 Å². The third-order valence-corrected chi connectivity index (χ3v) is 2.82. The largest absolute Gasteiger partial charge is 0.392 e. The summed E-state index contributed by atoms with van der Waals surface area (Å²) in [6, 6.07) is 0. The van der Waals surface area contributed by atoms with Crippen molar-refractivity contribution in [2.24, 2.45) is 11.8 Å². The summed E-state index contributed by atoms with van der Waals surface area (Å²) >= 11 is 0. The lowest BCUT2D eigenvalue weighted by molar-refractivity contribution is -0.0602. The molecule has 3 nitrogen and oxygen atoms in total. The van der Waals surface area contributed by atoms with Crippen molar-refractivity contribution >= 4 is 0 Å². The van der Waals surface area contributed by atoms with Gasteiger partial charge >= 0.3 is 0 Å². The molecule has 0 radical (unpaired) electrons. The van der Waals surface area contributed by atoms with Crippen molar-refractivity contribution < 1.29 is 14.9 Å². The fourth-order valence-corrected chi connectivity index (χ4v) is 1.85. The maximum absolute atomic E-state index is 9.80. The van der Waals surface area contributed by atoms with Crippen LogP contribution in [0.5, 0.6) is 0 Å².